The highest BCUT2D eigenvalue weighted by Gasteiger charge is 2.10. The van der Waals surface area contributed by atoms with Gasteiger partial charge in [-0.3, -0.25) is 4.79 Å². The summed E-state index contributed by atoms with van der Waals surface area (Å²) < 4.78 is 27.8. The van der Waals surface area contributed by atoms with E-state index in [4.69, 9.17) is 0 Å². The van der Waals surface area contributed by atoms with Gasteiger partial charge in [0.2, 0.25) is 0 Å². The van der Waals surface area contributed by atoms with E-state index in [0.717, 1.165) is 14.0 Å². The molecule has 0 unspecified atom stereocenters. The summed E-state index contributed by atoms with van der Waals surface area (Å²) in [5, 5.41) is 0. The SMILES string of the molecule is CN(C)C.COS(=O)(=O)OC(C)=O. The Morgan fingerprint density at radius 3 is 1.62 bits per heavy atom. The van der Waals surface area contributed by atoms with E-state index in [-0.39, 0.29) is 0 Å². The van der Waals surface area contributed by atoms with Crippen LogP contribution < -0.4 is 0 Å². The molecule has 7 heteroatoms. The van der Waals surface area contributed by atoms with Gasteiger partial charge in [-0.1, -0.05) is 0 Å². The maximum atomic E-state index is 10.1. The van der Waals surface area contributed by atoms with Crippen molar-refractivity contribution in [1.82, 2.24) is 4.90 Å². The summed E-state index contributed by atoms with van der Waals surface area (Å²) in [6, 6.07) is 0. The van der Waals surface area contributed by atoms with E-state index in [9.17, 15) is 13.2 Å². The van der Waals surface area contributed by atoms with Crippen LogP contribution in [0, 0.1) is 0 Å². The number of hydrogen-bond donors (Lipinski definition) is 0. The van der Waals surface area contributed by atoms with Crippen molar-refractivity contribution in [2.24, 2.45) is 0 Å². The molecule has 0 aromatic rings. The molecule has 0 heterocycles. The lowest BCUT2D eigenvalue weighted by Gasteiger charge is -1.96. The molecule has 0 aromatic heterocycles. The largest absolute Gasteiger partial charge is 0.451 e. The van der Waals surface area contributed by atoms with Crippen LogP contribution in [0.2, 0.25) is 0 Å². The average Bonchev–Trinajstić information content (AvgIpc) is 1.83. The first-order chi connectivity index (χ1) is 5.71. The van der Waals surface area contributed by atoms with E-state index in [1.165, 1.54) is 0 Å². The van der Waals surface area contributed by atoms with Gasteiger partial charge in [0.05, 0.1) is 7.11 Å². The number of carbonyl (C=O) groups excluding carboxylic acids is 1. The summed E-state index contributed by atoms with van der Waals surface area (Å²) in [6.45, 7) is 0.969. The number of hydrogen-bond acceptors (Lipinski definition) is 6. The lowest BCUT2D eigenvalue weighted by Crippen LogP contribution is -2.10. The van der Waals surface area contributed by atoms with E-state index >= 15 is 0 Å². The molecule has 0 spiro atoms. The van der Waals surface area contributed by atoms with Gasteiger partial charge >= 0.3 is 16.4 Å². The summed E-state index contributed by atoms with van der Waals surface area (Å²) in [7, 11) is 2.83. The Morgan fingerprint density at radius 2 is 1.54 bits per heavy atom. The first-order valence-electron chi connectivity index (χ1n) is 3.32. The number of nitrogens with zero attached hydrogens (tertiary/aromatic N) is 1. The lowest BCUT2D eigenvalue weighted by molar-refractivity contribution is -0.131. The normalized spacial score (nSPS) is 10.3. The molecule has 0 fully saturated rings. The van der Waals surface area contributed by atoms with Gasteiger partial charge in [0.1, 0.15) is 0 Å². The molecule has 0 saturated heterocycles. The minimum Gasteiger partial charge on any atom is -0.325 e. The van der Waals surface area contributed by atoms with Crippen molar-refractivity contribution in [2.45, 2.75) is 6.92 Å². The zero-order valence-electron chi connectivity index (χ0n) is 8.40. The predicted octanol–water partition coefficient (Wildman–Crippen LogP) is -0.382. The average molecular weight is 213 g/mol. The highest BCUT2D eigenvalue weighted by Crippen LogP contribution is 1.91. The predicted molar refractivity (Wildman–Crippen MR) is 47.3 cm³/mol. The zero-order chi connectivity index (χ0) is 11.1. The van der Waals surface area contributed by atoms with Crippen molar-refractivity contribution >= 4 is 16.4 Å². The Bertz CT molecular complexity index is 231. The molecule has 0 atom stereocenters. The quantitative estimate of drug-likeness (QED) is 0.622. The van der Waals surface area contributed by atoms with Gasteiger partial charge in [-0.2, -0.15) is 8.42 Å². The monoisotopic (exact) mass is 213 g/mol. The van der Waals surface area contributed by atoms with Crippen LogP contribution in [0.15, 0.2) is 0 Å². The highest BCUT2D eigenvalue weighted by molar-refractivity contribution is 7.82. The zero-order valence-corrected chi connectivity index (χ0v) is 9.21. The van der Waals surface area contributed by atoms with Crippen LogP contribution in [0.1, 0.15) is 6.92 Å². The van der Waals surface area contributed by atoms with Crippen LogP contribution >= 0.6 is 0 Å². The molecule has 80 valence electrons. The second-order valence-corrected chi connectivity index (χ2v) is 3.81. The van der Waals surface area contributed by atoms with Crippen LogP contribution in [0.3, 0.4) is 0 Å². The van der Waals surface area contributed by atoms with Crippen molar-refractivity contribution in [1.29, 1.82) is 0 Å². The Labute approximate surface area is 78.8 Å². The minimum absolute atomic E-state index is 0.901. The van der Waals surface area contributed by atoms with Crippen LogP contribution in [0.5, 0.6) is 0 Å². The fourth-order valence-corrected chi connectivity index (χ4v) is 0.533. The standard InChI is InChI=1S/C3H9N.C3H6O5S/c1-4(2)3;1-3(4)8-9(5,6)7-2/h1-3H3;1-2H3. The number of carbonyl (C=O) groups is 1. The van der Waals surface area contributed by atoms with Crippen molar-refractivity contribution in [2.75, 3.05) is 28.3 Å². The van der Waals surface area contributed by atoms with Gasteiger partial charge in [0, 0.05) is 6.92 Å². The second kappa shape index (κ2) is 6.81. The summed E-state index contributed by atoms with van der Waals surface area (Å²) >= 11 is 0. The second-order valence-electron chi connectivity index (χ2n) is 2.49. The van der Waals surface area contributed by atoms with Crippen LogP contribution in [-0.2, 0) is 23.6 Å². The summed E-state index contributed by atoms with van der Waals surface area (Å²) in [4.78, 5) is 11.9. The third-order valence-electron chi connectivity index (χ3n) is 0.424. The van der Waals surface area contributed by atoms with Crippen LogP contribution in [0.25, 0.3) is 0 Å². The maximum Gasteiger partial charge on any atom is 0.451 e. The van der Waals surface area contributed by atoms with Gasteiger partial charge < -0.3 is 9.08 Å². The lowest BCUT2D eigenvalue weighted by atomic mass is 10.9. The molecule has 0 N–H and O–H groups in total. The molecule has 0 aromatic carbocycles. The van der Waals surface area contributed by atoms with E-state index in [0.29, 0.717) is 0 Å². The molecular formula is C6H15NO5S. The van der Waals surface area contributed by atoms with Crippen molar-refractivity contribution in [3.05, 3.63) is 0 Å². The van der Waals surface area contributed by atoms with E-state index in [1.54, 1.807) is 0 Å². The van der Waals surface area contributed by atoms with Gasteiger partial charge in [-0.25, -0.2) is 4.18 Å². The molecule has 0 amide bonds. The van der Waals surface area contributed by atoms with E-state index < -0.39 is 16.4 Å². The van der Waals surface area contributed by atoms with E-state index in [1.807, 2.05) is 26.0 Å². The first-order valence-corrected chi connectivity index (χ1v) is 4.66. The molecule has 6 nitrogen and oxygen atoms in total. The van der Waals surface area contributed by atoms with Crippen molar-refractivity contribution in [3.63, 3.8) is 0 Å². The first kappa shape index (κ1) is 14.8. The van der Waals surface area contributed by atoms with Crippen molar-refractivity contribution in [3.8, 4) is 0 Å². The van der Waals surface area contributed by atoms with E-state index in [2.05, 4.69) is 8.37 Å². The van der Waals surface area contributed by atoms with Crippen LogP contribution in [0.4, 0.5) is 0 Å². The molecule has 13 heavy (non-hydrogen) atoms. The molecule has 0 bridgehead atoms. The summed E-state index contributed by atoms with van der Waals surface area (Å²) in [6.07, 6.45) is 0. The van der Waals surface area contributed by atoms with Gasteiger partial charge in [-0.05, 0) is 21.1 Å². The smallest absolute Gasteiger partial charge is 0.325 e. The molecular weight excluding hydrogens is 198 g/mol. The minimum atomic E-state index is -4.07. The highest BCUT2D eigenvalue weighted by atomic mass is 32.3. The Hall–Kier alpha value is -0.660. The topological polar surface area (TPSA) is 72.9 Å². The van der Waals surface area contributed by atoms with Crippen LogP contribution in [-0.4, -0.2) is 47.5 Å². The maximum absolute atomic E-state index is 10.1. The van der Waals surface area contributed by atoms with Gasteiger partial charge in [0.15, 0.2) is 0 Å². The van der Waals surface area contributed by atoms with Crippen molar-refractivity contribution < 1.29 is 21.6 Å². The van der Waals surface area contributed by atoms with Gasteiger partial charge in [-0.15, -0.1) is 0 Å². The Balaban J connectivity index is 0. The fourth-order valence-electron chi connectivity index (χ4n) is 0.178. The summed E-state index contributed by atoms with van der Waals surface area (Å²) in [5.74, 6) is -0.920. The molecule has 0 aliphatic carbocycles. The van der Waals surface area contributed by atoms with Gasteiger partial charge in [0.25, 0.3) is 0 Å². The molecule has 0 aliphatic rings. The molecule has 0 rings (SSSR count). The fraction of sp³-hybridized carbons (Fsp3) is 0.833. The summed E-state index contributed by atoms with van der Waals surface area (Å²) in [5.41, 5.74) is 0. The molecule has 0 radical (unpaired) electrons. The Kier molecular flexibility index (Phi) is 7.78. The molecule has 0 saturated carbocycles. The third kappa shape index (κ3) is 18.4. The number of rotatable bonds is 2. The third-order valence-corrected chi connectivity index (χ3v) is 1.27. The molecule has 0 aliphatic heterocycles. The Morgan fingerprint density at radius 1 is 1.23 bits per heavy atom.